The summed E-state index contributed by atoms with van der Waals surface area (Å²) in [5, 5.41) is 0.888. The van der Waals surface area contributed by atoms with Crippen LogP contribution in [0.15, 0.2) is 34.9 Å². The molecule has 3 nitrogen and oxygen atoms in total. The van der Waals surface area contributed by atoms with Gasteiger partial charge in [-0.3, -0.25) is 4.79 Å². The molecule has 1 aromatic heterocycles. The smallest absolute Gasteiger partial charge is 0.166 e. The molecule has 0 unspecified atom stereocenters. The Labute approximate surface area is 87.9 Å². The van der Waals surface area contributed by atoms with Crippen molar-refractivity contribution in [1.29, 1.82) is 0 Å². The van der Waals surface area contributed by atoms with Gasteiger partial charge >= 0.3 is 0 Å². The van der Waals surface area contributed by atoms with Gasteiger partial charge < -0.3 is 10.2 Å². The first-order valence-electron chi connectivity index (χ1n) is 5.02. The molecule has 1 aromatic carbocycles. The molecule has 2 aromatic rings. The second-order valence-corrected chi connectivity index (χ2v) is 3.46. The fourth-order valence-electron chi connectivity index (χ4n) is 1.59. The molecular formula is C12H13NO2. The summed E-state index contributed by atoms with van der Waals surface area (Å²) in [6.45, 7) is 0.543. The Morgan fingerprint density at radius 3 is 2.93 bits per heavy atom. The predicted molar refractivity (Wildman–Crippen MR) is 58.8 cm³/mol. The average molecular weight is 203 g/mol. The maximum absolute atomic E-state index is 11.8. The minimum atomic E-state index is 0.102. The summed E-state index contributed by atoms with van der Waals surface area (Å²) in [6.07, 6.45) is 2.74. The number of carbonyl (C=O) groups excluding carboxylic acids is 1. The molecule has 0 bridgehead atoms. The third-order valence-electron chi connectivity index (χ3n) is 2.39. The SMILES string of the molecule is NCCCC(=O)c1coc2ccccc12. The van der Waals surface area contributed by atoms with Crippen LogP contribution in [0.5, 0.6) is 0 Å². The number of ketones is 1. The molecule has 2 N–H and O–H groups in total. The number of fused-ring (bicyclic) bond motifs is 1. The quantitative estimate of drug-likeness (QED) is 0.776. The number of benzene rings is 1. The van der Waals surface area contributed by atoms with Gasteiger partial charge in [0.15, 0.2) is 5.78 Å². The molecule has 15 heavy (non-hydrogen) atoms. The molecule has 2 rings (SSSR count). The van der Waals surface area contributed by atoms with E-state index in [9.17, 15) is 4.79 Å². The van der Waals surface area contributed by atoms with Crippen LogP contribution in [0.1, 0.15) is 23.2 Å². The van der Waals surface area contributed by atoms with Gasteiger partial charge in [0.1, 0.15) is 11.8 Å². The monoisotopic (exact) mass is 203 g/mol. The van der Waals surface area contributed by atoms with Crippen LogP contribution in [0.2, 0.25) is 0 Å². The highest BCUT2D eigenvalue weighted by molar-refractivity contribution is 6.06. The topological polar surface area (TPSA) is 56.2 Å². The highest BCUT2D eigenvalue weighted by Gasteiger charge is 2.12. The molecule has 0 saturated heterocycles. The van der Waals surface area contributed by atoms with Gasteiger partial charge in [-0.1, -0.05) is 18.2 Å². The van der Waals surface area contributed by atoms with Crippen LogP contribution < -0.4 is 5.73 Å². The molecular weight excluding hydrogens is 190 g/mol. The number of hydrogen-bond donors (Lipinski definition) is 1. The molecule has 0 saturated carbocycles. The van der Waals surface area contributed by atoms with E-state index in [0.717, 1.165) is 17.4 Å². The molecule has 0 spiro atoms. The number of rotatable bonds is 4. The third-order valence-corrected chi connectivity index (χ3v) is 2.39. The molecule has 0 aliphatic heterocycles. The van der Waals surface area contributed by atoms with E-state index in [0.29, 0.717) is 18.5 Å². The number of furan rings is 1. The fourth-order valence-corrected chi connectivity index (χ4v) is 1.59. The molecule has 0 amide bonds. The summed E-state index contributed by atoms with van der Waals surface area (Å²) < 4.78 is 5.30. The molecule has 1 heterocycles. The van der Waals surface area contributed by atoms with Crippen LogP contribution in [-0.2, 0) is 0 Å². The second-order valence-electron chi connectivity index (χ2n) is 3.46. The van der Waals surface area contributed by atoms with Gasteiger partial charge in [-0.2, -0.15) is 0 Å². The van der Waals surface area contributed by atoms with Gasteiger partial charge in [-0.25, -0.2) is 0 Å². The van der Waals surface area contributed by atoms with Crippen LogP contribution in [0.3, 0.4) is 0 Å². The van der Waals surface area contributed by atoms with Gasteiger partial charge in [0, 0.05) is 11.8 Å². The molecule has 0 radical (unpaired) electrons. The van der Waals surface area contributed by atoms with E-state index >= 15 is 0 Å². The lowest BCUT2D eigenvalue weighted by Crippen LogP contribution is -2.04. The van der Waals surface area contributed by atoms with E-state index in [1.54, 1.807) is 0 Å². The number of carbonyl (C=O) groups is 1. The predicted octanol–water partition coefficient (Wildman–Crippen LogP) is 2.35. The van der Waals surface area contributed by atoms with Gasteiger partial charge in [0.2, 0.25) is 0 Å². The molecule has 0 aliphatic carbocycles. The average Bonchev–Trinajstić information content (AvgIpc) is 2.69. The van der Waals surface area contributed by atoms with Crippen LogP contribution in [0, 0.1) is 0 Å². The summed E-state index contributed by atoms with van der Waals surface area (Å²) in [5.41, 5.74) is 6.79. The number of Topliss-reactive ketones (excluding diaryl/α,β-unsaturated/α-hetero) is 1. The van der Waals surface area contributed by atoms with E-state index in [4.69, 9.17) is 10.2 Å². The molecule has 3 heteroatoms. The van der Waals surface area contributed by atoms with Crippen molar-refractivity contribution in [2.45, 2.75) is 12.8 Å². The first kappa shape index (κ1) is 9.93. The number of nitrogens with two attached hydrogens (primary N) is 1. The molecule has 78 valence electrons. The van der Waals surface area contributed by atoms with E-state index in [1.165, 1.54) is 6.26 Å². The van der Waals surface area contributed by atoms with E-state index in [-0.39, 0.29) is 5.78 Å². The van der Waals surface area contributed by atoms with Crippen molar-refractivity contribution >= 4 is 16.8 Å². The maximum Gasteiger partial charge on any atom is 0.166 e. The minimum Gasteiger partial charge on any atom is -0.464 e. The number of hydrogen-bond acceptors (Lipinski definition) is 3. The van der Waals surface area contributed by atoms with Gasteiger partial charge in [-0.05, 0) is 19.0 Å². The molecule has 0 aliphatic rings. The van der Waals surface area contributed by atoms with Crippen LogP contribution in [-0.4, -0.2) is 12.3 Å². The van der Waals surface area contributed by atoms with Crippen molar-refractivity contribution in [3.63, 3.8) is 0 Å². The zero-order chi connectivity index (χ0) is 10.7. The maximum atomic E-state index is 11.8. The Balaban J connectivity index is 2.31. The second kappa shape index (κ2) is 4.28. The van der Waals surface area contributed by atoms with Crippen molar-refractivity contribution in [2.75, 3.05) is 6.54 Å². The fraction of sp³-hybridized carbons (Fsp3) is 0.250. The molecule has 0 fully saturated rings. The lowest BCUT2D eigenvalue weighted by atomic mass is 10.1. The van der Waals surface area contributed by atoms with E-state index in [2.05, 4.69) is 0 Å². The lowest BCUT2D eigenvalue weighted by Gasteiger charge is -1.96. The van der Waals surface area contributed by atoms with Crippen molar-refractivity contribution in [3.8, 4) is 0 Å². The van der Waals surface area contributed by atoms with Crippen molar-refractivity contribution in [2.24, 2.45) is 5.73 Å². The lowest BCUT2D eigenvalue weighted by molar-refractivity contribution is 0.0981. The van der Waals surface area contributed by atoms with Crippen molar-refractivity contribution in [1.82, 2.24) is 0 Å². The van der Waals surface area contributed by atoms with Crippen LogP contribution >= 0.6 is 0 Å². The van der Waals surface area contributed by atoms with Gasteiger partial charge in [-0.15, -0.1) is 0 Å². The standard InChI is InChI=1S/C12H13NO2/c13-7-3-5-11(14)10-8-15-12-6-2-1-4-9(10)12/h1-2,4,6,8H,3,5,7,13H2. The summed E-state index contributed by atoms with van der Waals surface area (Å²) in [6, 6.07) is 7.54. The Hall–Kier alpha value is -1.61. The minimum absolute atomic E-state index is 0.102. The van der Waals surface area contributed by atoms with Gasteiger partial charge in [0.25, 0.3) is 0 Å². The zero-order valence-electron chi connectivity index (χ0n) is 8.40. The van der Waals surface area contributed by atoms with Crippen molar-refractivity contribution in [3.05, 3.63) is 36.1 Å². The normalized spacial score (nSPS) is 10.7. The van der Waals surface area contributed by atoms with E-state index in [1.807, 2.05) is 24.3 Å². The summed E-state index contributed by atoms with van der Waals surface area (Å²) in [7, 11) is 0. The third kappa shape index (κ3) is 1.92. The summed E-state index contributed by atoms with van der Waals surface area (Å²) in [4.78, 5) is 11.8. The highest BCUT2D eigenvalue weighted by Crippen LogP contribution is 2.22. The van der Waals surface area contributed by atoms with Gasteiger partial charge in [0.05, 0.1) is 5.56 Å². The highest BCUT2D eigenvalue weighted by atomic mass is 16.3. The summed E-state index contributed by atoms with van der Waals surface area (Å²) in [5.74, 6) is 0.102. The van der Waals surface area contributed by atoms with E-state index < -0.39 is 0 Å². The van der Waals surface area contributed by atoms with Crippen molar-refractivity contribution < 1.29 is 9.21 Å². The Morgan fingerprint density at radius 1 is 1.33 bits per heavy atom. The summed E-state index contributed by atoms with van der Waals surface area (Å²) >= 11 is 0. The number of para-hydroxylation sites is 1. The zero-order valence-corrected chi connectivity index (χ0v) is 8.40. The van der Waals surface area contributed by atoms with Crippen LogP contribution in [0.4, 0.5) is 0 Å². The largest absolute Gasteiger partial charge is 0.464 e. The first-order chi connectivity index (χ1) is 7.33. The Kier molecular flexibility index (Phi) is 2.83. The Morgan fingerprint density at radius 2 is 2.13 bits per heavy atom. The first-order valence-corrected chi connectivity index (χ1v) is 5.02. The Bertz CT molecular complexity index is 473. The molecule has 0 atom stereocenters. The van der Waals surface area contributed by atoms with Crippen LogP contribution in [0.25, 0.3) is 11.0 Å².